The maximum atomic E-state index is 13.0. The van der Waals surface area contributed by atoms with Gasteiger partial charge in [-0.3, -0.25) is 4.79 Å². The summed E-state index contributed by atoms with van der Waals surface area (Å²) in [6.45, 7) is 0. The summed E-state index contributed by atoms with van der Waals surface area (Å²) < 4.78 is 12.0. The Labute approximate surface area is 186 Å². The molecule has 1 N–H and O–H groups in total. The van der Waals surface area contributed by atoms with E-state index in [1.807, 2.05) is 48.5 Å². The van der Waals surface area contributed by atoms with Gasteiger partial charge in [0.25, 0.3) is 5.91 Å². The molecule has 7 heteroatoms. The number of anilines is 1. The largest absolute Gasteiger partial charge is 0.495 e. The fourth-order valence-electron chi connectivity index (χ4n) is 3.44. The van der Waals surface area contributed by atoms with Crippen LogP contribution in [-0.2, 0) is 0 Å². The second kappa shape index (κ2) is 7.85. The van der Waals surface area contributed by atoms with Crippen LogP contribution in [-0.4, -0.2) is 23.0 Å². The van der Waals surface area contributed by atoms with E-state index < -0.39 is 0 Å². The fourth-order valence-corrected chi connectivity index (χ4v) is 4.18. The van der Waals surface area contributed by atoms with Crippen molar-refractivity contribution in [1.82, 2.24) is 9.97 Å². The second-order valence-corrected chi connectivity index (χ2v) is 7.66. The molecule has 0 fully saturated rings. The van der Waals surface area contributed by atoms with E-state index >= 15 is 0 Å². The molecule has 1 amide bonds. The standard InChI is InChI=1S/C24H16BrN3O3/c1-30-21-18(13-15-5-2-3-6-17(15)20(21)25)23(29)27-16-10-8-14(9-11-16)24-28-22-19(31-24)7-4-12-26-22/h2-13H,1H3,(H,27,29). The average molecular weight is 474 g/mol. The highest BCUT2D eigenvalue weighted by Gasteiger charge is 2.18. The van der Waals surface area contributed by atoms with Gasteiger partial charge in [0.05, 0.1) is 17.1 Å². The van der Waals surface area contributed by atoms with Gasteiger partial charge in [-0.05, 0) is 69.2 Å². The van der Waals surface area contributed by atoms with Gasteiger partial charge in [-0.15, -0.1) is 0 Å². The molecule has 0 spiro atoms. The summed E-state index contributed by atoms with van der Waals surface area (Å²) in [5.41, 5.74) is 3.08. The van der Waals surface area contributed by atoms with E-state index in [1.165, 1.54) is 0 Å². The van der Waals surface area contributed by atoms with Crippen molar-refractivity contribution < 1.29 is 13.9 Å². The zero-order valence-corrected chi connectivity index (χ0v) is 18.0. The molecule has 0 atom stereocenters. The summed E-state index contributed by atoms with van der Waals surface area (Å²) in [7, 11) is 1.55. The number of hydrogen-bond donors (Lipinski definition) is 1. The SMILES string of the molecule is COc1c(C(=O)Nc2ccc(-c3nc4ncccc4o3)cc2)cc2ccccc2c1Br. The first kappa shape index (κ1) is 19.3. The van der Waals surface area contributed by atoms with Crippen molar-refractivity contribution in [1.29, 1.82) is 0 Å². The minimum absolute atomic E-state index is 0.262. The van der Waals surface area contributed by atoms with Gasteiger partial charge in [0.1, 0.15) is 5.75 Å². The summed E-state index contributed by atoms with van der Waals surface area (Å²) in [6.07, 6.45) is 1.67. The molecule has 5 rings (SSSR count). The van der Waals surface area contributed by atoms with Crippen LogP contribution in [0, 0.1) is 0 Å². The van der Waals surface area contributed by atoms with E-state index in [0.717, 1.165) is 20.8 Å². The first-order valence-electron chi connectivity index (χ1n) is 9.52. The number of hydrogen-bond acceptors (Lipinski definition) is 5. The van der Waals surface area contributed by atoms with Crippen molar-refractivity contribution in [2.45, 2.75) is 0 Å². The van der Waals surface area contributed by atoms with Crippen molar-refractivity contribution in [2.24, 2.45) is 0 Å². The number of halogens is 1. The molecular weight excluding hydrogens is 458 g/mol. The molecule has 2 aromatic heterocycles. The minimum atomic E-state index is -0.262. The molecule has 0 bridgehead atoms. The summed E-state index contributed by atoms with van der Waals surface area (Å²) in [4.78, 5) is 21.6. The first-order valence-corrected chi connectivity index (χ1v) is 10.3. The van der Waals surface area contributed by atoms with Crippen LogP contribution in [0.4, 0.5) is 5.69 Å². The quantitative estimate of drug-likeness (QED) is 0.342. The third-order valence-electron chi connectivity index (χ3n) is 4.94. The summed E-state index contributed by atoms with van der Waals surface area (Å²) in [6, 6.07) is 20.6. The van der Waals surface area contributed by atoms with Crippen molar-refractivity contribution in [3.63, 3.8) is 0 Å². The van der Waals surface area contributed by atoms with Crippen molar-refractivity contribution in [3.8, 4) is 17.2 Å². The third-order valence-corrected chi connectivity index (χ3v) is 5.73. The molecule has 0 aliphatic rings. The number of fused-ring (bicyclic) bond motifs is 2. The van der Waals surface area contributed by atoms with Crippen LogP contribution < -0.4 is 10.1 Å². The number of nitrogens with one attached hydrogen (secondary N) is 1. The number of oxazole rings is 1. The predicted octanol–water partition coefficient (Wildman–Crippen LogP) is 6.07. The minimum Gasteiger partial charge on any atom is -0.495 e. The molecule has 5 aromatic rings. The molecule has 0 unspecified atom stereocenters. The smallest absolute Gasteiger partial charge is 0.259 e. The Morgan fingerprint density at radius 3 is 2.65 bits per heavy atom. The van der Waals surface area contributed by atoms with Gasteiger partial charge in [0, 0.05) is 17.4 Å². The van der Waals surface area contributed by atoms with Crippen LogP contribution in [0.2, 0.25) is 0 Å². The second-order valence-electron chi connectivity index (χ2n) is 6.87. The zero-order chi connectivity index (χ0) is 21.4. The van der Waals surface area contributed by atoms with Gasteiger partial charge < -0.3 is 14.5 Å². The number of benzene rings is 3. The number of ether oxygens (including phenoxy) is 1. The van der Waals surface area contributed by atoms with Crippen LogP contribution in [0.1, 0.15) is 10.4 Å². The number of aromatic nitrogens is 2. The average Bonchev–Trinajstić information content (AvgIpc) is 3.24. The van der Waals surface area contributed by atoms with Crippen molar-refractivity contribution >= 4 is 49.5 Å². The normalized spacial score (nSPS) is 11.0. The molecule has 31 heavy (non-hydrogen) atoms. The van der Waals surface area contributed by atoms with Crippen LogP contribution >= 0.6 is 15.9 Å². The lowest BCUT2D eigenvalue weighted by molar-refractivity contribution is 0.102. The van der Waals surface area contributed by atoms with Gasteiger partial charge in [-0.1, -0.05) is 24.3 Å². The Balaban J connectivity index is 1.43. The Hall–Kier alpha value is -3.71. The highest BCUT2D eigenvalue weighted by molar-refractivity contribution is 9.10. The van der Waals surface area contributed by atoms with Crippen LogP contribution in [0.3, 0.4) is 0 Å². The van der Waals surface area contributed by atoms with E-state index in [9.17, 15) is 4.79 Å². The maximum absolute atomic E-state index is 13.0. The molecule has 6 nitrogen and oxygen atoms in total. The lowest BCUT2D eigenvalue weighted by atomic mass is 10.0. The number of pyridine rings is 1. The third kappa shape index (κ3) is 3.53. The molecule has 0 aliphatic heterocycles. The summed E-state index contributed by atoms with van der Waals surface area (Å²) in [5, 5.41) is 4.85. The molecule has 152 valence electrons. The molecule has 3 aromatic carbocycles. The van der Waals surface area contributed by atoms with E-state index in [4.69, 9.17) is 9.15 Å². The van der Waals surface area contributed by atoms with Gasteiger partial charge in [-0.25, -0.2) is 4.98 Å². The lowest BCUT2D eigenvalue weighted by Gasteiger charge is -2.13. The van der Waals surface area contributed by atoms with Crippen molar-refractivity contribution in [3.05, 3.63) is 83.0 Å². The number of nitrogens with zero attached hydrogens (tertiary/aromatic N) is 2. The first-order chi connectivity index (χ1) is 15.1. The number of rotatable bonds is 4. The van der Waals surface area contributed by atoms with E-state index in [1.54, 1.807) is 31.5 Å². The fraction of sp³-hybridized carbons (Fsp3) is 0.0417. The van der Waals surface area contributed by atoms with Crippen LogP contribution in [0.15, 0.2) is 81.8 Å². The molecule has 2 heterocycles. The van der Waals surface area contributed by atoms with Gasteiger partial charge in [0.15, 0.2) is 11.2 Å². The van der Waals surface area contributed by atoms with Gasteiger partial charge in [-0.2, -0.15) is 4.98 Å². The predicted molar refractivity (Wildman–Crippen MR) is 123 cm³/mol. The van der Waals surface area contributed by atoms with Crippen LogP contribution in [0.25, 0.3) is 33.5 Å². The number of amides is 1. The highest BCUT2D eigenvalue weighted by Crippen LogP contribution is 2.37. The van der Waals surface area contributed by atoms with Gasteiger partial charge >= 0.3 is 0 Å². The van der Waals surface area contributed by atoms with E-state index in [2.05, 4.69) is 31.2 Å². The van der Waals surface area contributed by atoms with Crippen molar-refractivity contribution in [2.75, 3.05) is 12.4 Å². The molecule has 0 saturated carbocycles. The molecule has 0 radical (unpaired) electrons. The zero-order valence-electron chi connectivity index (χ0n) is 16.4. The number of carbonyl (C=O) groups excluding carboxylic acids is 1. The highest BCUT2D eigenvalue weighted by atomic mass is 79.9. The van der Waals surface area contributed by atoms with E-state index in [-0.39, 0.29) is 5.91 Å². The van der Waals surface area contributed by atoms with E-state index in [0.29, 0.717) is 34.1 Å². The molecule has 0 aliphatic carbocycles. The Bertz CT molecular complexity index is 1390. The van der Waals surface area contributed by atoms with Crippen LogP contribution in [0.5, 0.6) is 5.75 Å². The maximum Gasteiger partial charge on any atom is 0.259 e. The summed E-state index contributed by atoms with van der Waals surface area (Å²) >= 11 is 3.57. The van der Waals surface area contributed by atoms with Gasteiger partial charge in [0.2, 0.25) is 5.89 Å². The summed E-state index contributed by atoms with van der Waals surface area (Å²) in [5.74, 6) is 0.709. The lowest BCUT2D eigenvalue weighted by Crippen LogP contribution is -2.13. The Morgan fingerprint density at radius 1 is 1.06 bits per heavy atom. The Kier molecular flexibility index (Phi) is 4.88. The monoisotopic (exact) mass is 473 g/mol. The molecular formula is C24H16BrN3O3. The molecule has 0 saturated heterocycles. The number of methoxy groups -OCH3 is 1. The number of carbonyl (C=O) groups is 1. The topological polar surface area (TPSA) is 77.2 Å². The Morgan fingerprint density at radius 2 is 1.87 bits per heavy atom.